The van der Waals surface area contributed by atoms with Crippen LogP contribution in [0.15, 0.2) is 18.2 Å². The van der Waals surface area contributed by atoms with E-state index in [0.717, 1.165) is 62.3 Å². The third-order valence-corrected chi connectivity index (χ3v) is 4.38. The summed E-state index contributed by atoms with van der Waals surface area (Å²) in [5.41, 5.74) is 1.84. The van der Waals surface area contributed by atoms with Crippen LogP contribution in [0.25, 0.3) is 0 Å². The number of hydrogen-bond acceptors (Lipinski definition) is 5. The van der Waals surface area contributed by atoms with Crippen molar-refractivity contribution < 1.29 is 13.5 Å². The number of nitrogens with zero attached hydrogens (tertiary/aromatic N) is 3. The molecule has 0 saturated carbocycles. The molecule has 0 unspecified atom stereocenters. The molecule has 0 amide bonds. The molecule has 1 fully saturated rings. The van der Waals surface area contributed by atoms with Crippen LogP contribution >= 0.6 is 0 Å². The van der Waals surface area contributed by atoms with Gasteiger partial charge in [-0.25, -0.2) is 13.8 Å². The van der Waals surface area contributed by atoms with Crippen molar-refractivity contribution >= 4 is 5.95 Å². The molecule has 2 aliphatic heterocycles. The zero-order valence-electron chi connectivity index (χ0n) is 13.2. The van der Waals surface area contributed by atoms with Crippen molar-refractivity contribution in [2.45, 2.75) is 25.8 Å². The summed E-state index contributed by atoms with van der Waals surface area (Å²) in [7, 11) is 0. The number of halogens is 2. The van der Waals surface area contributed by atoms with Gasteiger partial charge in [0.15, 0.2) is 11.6 Å². The molecule has 3 heterocycles. The third kappa shape index (κ3) is 2.91. The van der Waals surface area contributed by atoms with Crippen molar-refractivity contribution in [3.63, 3.8) is 0 Å². The summed E-state index contributed by atoms with van der Waals surface area (Å²) in [5, 5.41) is 3.27. The van der Waals surface area contributed by atoms with Crippen molar-refractivity contribution in [2.24, 2.45) is 0 Å². The Labute approximate surface area is 138 Å². The lowest BCUT2D eigenvalue weighted by molar-refractivity contribution is 0.433. The first-order chi connectivity index (χ1) is 11.7. The molecule has 0 aliphatic carbocycles. The summed E-state index contributed by atoms with van der Waals surface area (Å²) in [6.45, 7) is 3.33. The van der Waals surface area contributed by atoms with Crippen LogP contribution in [0.4, 0.5) is 14.7 Å². The molecule has 2 aromatic rings. The average Bonchev–Trinajstić information content (AvgIpc) is 3.13. The first-order valence-corrected chi connectivity index (χ1v) is 8.19. The maximum atomic E-state index is 13.4. The number of hydrogen-bond donors (Lipinski definition) is 1. The lowest BCUT2D eigenvalue weighted by atomic mass is 10.1. The topological polar surface area (TPSA) is 50.3 Å². The molecule has 5 nitrogen and oxygen atoms in total. The third-order valence-electron chi connectivity index (χ3n) is 4.38. The predicted molar refractivity (Wildman–Crippen MR) is 85.3 cm³/mol. The molecule has 0 spiro atoms. The fourth-order valence-corrected chi connectivity index (χ4v) is 3.09. The molecule has 0 atom stereocenters. The Bertz CT molecular complexity index is 762. The van der Waals surface area contributed by atoms with E-state index in [-0.39, 0.29) is 5.75 Å². The van der Waals surface area contributed by atoms with Gasteiger partial charge in [0.25, 0.3) is 0 Å². The highest BCUT2D eigenvalue weighted by atomic mass is 19.2. The maximum Gasteiger partial charge on any atom is 0.228 e. The molecule has 2 aliphatic rings. The number of rotatable bonds is 3. The number of fused-ring (bicyclic) bond motifs is 1. The second-order valence-corrected chi connectivity index (χ2v) is 6.05. The van der Waals surface area contributed by atoms with Crippen molar-refractivity contribution in [3.05, 3.63) is 41.1 Å². The molecule has 0 bridgehead atoms. The second kappa shape index (κ2) is 6.32. The van der Waals surface area contributed by atoms with E-state index >= 15 is 0 Å². The average molecular weight is 332 g/mol. The molecule has 1 N–H and O–H groups in total. The van der Waals surface area contributed by atoms with E-state index in [1.165, 1.54) is 6.07 Å². The summed E-state index contributed by atoms with van der Waals surface area (Å²) >= 11 is 0. The Morgan fingerprint density at radius 1 is 1.08 bits per heavy atom. The first-order valence-electron chi connectivity index (χ1n) is 8.19. The van der Waals surface area contributed by atoms with E-state index < -0.39 is 11.6 Å². The minimum atomic E-state index is -0.937. The quantitative estimate of drug-likeness (QED) is 0.937. The predicted octanol–water partition coefficient (Wildman–Crippen LogP) is 2.79. The fraction of sp³-hybridized carbons (Fsp3) is 0.412. The van der Waals surface area contributed by atoms with E-state index in [1.807, 2.05) is 0 Å². The zero-order chi connectivity index (χ0) is 16.5. The van der Waals surface area contributed by atoms with Gasteiger partial charge in [-0.3, -0.25) is 0 Å². The van der Waals surface area contributed by atoms with Crippen molar-refractivity contribution in [3.8, 4) is 11.6 Å². The summed E-state index contributed by atoms with van der Waals surface area (Å²) in [4.78, 5) is 11.4. The van der Waals surface area contributed by atoms with Gasteiger partial charge in [0.05, 0.1) is 11.3 Å². The van der Waals surface area contributed by atoms with E-state index in [9.17, 15) is 8.78 Å². The Morgan fingerprint density at radius 3 is 2.71 bits per heavy atom. The molecule has 4 rings (SSSR count). The number of benzene rings is 1. The van der Waals surface area contributed by atoms with Crippen LogP contribution in [-0.2, 0) is 13.0 Å². The standard InChI is InChI=1S/C17H18F2N4O/c18-13-4-3-11(9-14(13)19)24-16-12-10-20-6-5-15(12)21-17(22-16)23-7-1-2-8-23/h3-4,9,20H,1-2,5-8,10H2. The zero-order valence-corrected chi connectivity index (χ0v) is 13.2. The summed E-state index contributed by atoms with van der Waals surface area (Å²) in [5.74, 6) is -0.529. The molecule has 7 heteroatoms. The number of nitrogens with one attached hydrogen (secondary N) is 1. The minimum Gasteiger partial charge on any atom is -0.438 e. The molecule has 0 radical (unpaired) electrons. The summed E-state index contributed by atoms with van der Waals surface area (Å²) < 4.78 is 32.3. The highest BCUT2D eigenvalue weighted by Crippen LogP contribution is 2.30. The number of anilines is 1. The van der Waals surface area contributed by atoms with Gasteiger partial charge in [0.2, 0.25) is 11.8 Å². The Morgan fingerprint density at radius 2 is 1.92 bits per heavy atom. The van der Waals surface area contributed by atoms with Gasteiger partial charge in [0, 0.05) is 38.7 Å². The lowest BCUT2D eigenvalue weighted by Crippen LogP contribution is -2.28. The van der Waals surface area contributed by atoms with Crippen LogP contribution in [0, 0.1) is 11.6 Å². The van der Waals surface area contributed by atoms with Crippen LogP contribution in [0.2, 0.25) is 0 Å². The molecule has 126 valence electrons. The molecule has 1 aromatic carbocycles. The van der Waals surface area contributed by atoms with Crippen LogP contribution in [-0.4, -0.2) is 29.6 Å². The van der Waals surface area contributed by atoms with Gasteiger partial charge in [-0.05, 0) is 25.0 Å². The van der Waals surface area contributed by atoms with Crippen molar-refractivity contribution in [1.29, 1.82) is 0 Å². The molecule has 1 aromatic heterocycles. The van der Waals surface area contributed by atoms with Gasteiger partial charge in [-0.15, -0.1) is 0 Å². The normalized spacial score (nSPS) is 17.0. The smallest absolute Gasteiger partial charge is 0.228 e. The lowest BCUT2D eigenvalue weighted by Gasteiger charge is -2.23. The van der Waals surface area contributed by atoms with Gasteiger partial charge < -0.3 is 15.0 Å². The largest absolute Gasteiger partial charge is 0.438 e. The maximum absolute atomic E-state index is 13.4. The SMILES string of the molecule is Fc1ccc(Oc2nc(N3CCCC3)nc3c2CNCC3)cc1F. The van der Waals surface area contributed by atoms with E-state index in [4.69, 9.17) is 4.74 Å². The second-order valence-electron chi connectivity index (χ2n) is 6.05. The summed E-state index contributed by atoms with van der Waals surface area (Å²) in [6.07, 6.45) is 3.05. The van der Waals surface area contributed by atoms with Gasteiger partial charge in [-0.1, -0.05) is 0 Å². The highest BCUT2D eigenvalue weighted by molar-refractivity contribution is 5.44. The van der Waals surface area contributed by atoms with Gasteiger partial charge in [-0.2, -0.15) is 4.98 Å². The molecule has 24 heavy (non-hydrogen) atoms. The van der Waals surface area contributed by atoms with Crippen molar-refractivity contribution in [1.82, 2.24) is 15.3 Å². The molecular formula is C17H18F2N4O. The van der Waals surface area contributed by atoms with Crippen molar-refractivity contribution in [2.75, 3.05) is 24.5 Å². The van der Waals surface area contributed by atoms with Gasteiger partial charge in [0.1, 0.15) is 5.75 Å². The number of aromatic nitrogens is 2. The molecule has 1 saturated heterocycles. The highest BCUT2D eigenvalue weighted by Gasteiger charge is 2.23. The first kappa shape index (κ1) is 15.3. The van der Waals surface area contributed by atoms with Crippen LogP contribution in [0.3, 0.4) is 0 Å². The fourth-order valence-electron chi connectivity index (χ4n) is 3.09. The van der Waals surface area contributed by atoms with E-state index in [1.54, 1.807) is 0 Å². The monoisotopic (exact) mass is 332 g/mol. The van der Waals surface area contributed by atoms with E-state index in [0.29, 0.717) is 18.4 Å². The molecular weight excluding hydrogens is 314 g/mol. The number of ether oxygens (including phenoxy) is 1. The Kier molecular flexibility index (Phi) is 4.02. The van der Waals surface area contributed by atoms with E-state index in [2.05, 4.69) is 20.2 Å². The minimum absolute atomic E-state index is 0.229. The van der Waals surface area contributed by atoms with Crippen LogP contribution in [0.5, 0.6) is 11.6 Å². The van der Waals surface area contributed by atoms with Gasteiger partial charge >= 0.3 is 0 Å². The Hall–Kier alpha value is -2.28. The van der Waals surface area contributed by atoms with Crippen LogP contribution in [0.1, 0.15) is 24.1 Å². The van der Waals surface area contributed by atoms with Crippen LogP contribution < -0.4 is 15.0 Å². The Balaban J connectivity index is 1.71. The summed E-state index contributed by atoms with van der Waals surface area (Å²) in [6, 6.07) is 3.49.